The van der Waals surface area contributed by atoms with Gasteiger partial charge in [-0.15, -0.1) is 0 Å². The molecule has 0 radical (unpaired) electrons. The van der Waals surface area contributed by atoms with Gasteiger partial charge in [-0.05, 0) is 51.4 Å². The zero-order chi connectivity index (χ0) is 42.1. The fraction of sp³-hybridized carbons (Fsp3) is 0.694. The fourth-order valence-electron chi connectivity index (χ4n) is 6.15. The van der Waals surface area contributed by atoms with Gasteiger partial charge < -0.3 is 28.6 Å². The summed E-state index contributed by atoms with van der Waals surface area (Å²) in [6.45, 7) is 4.46. The predicted octanol–water partition coefficient (Wildman–Crippen LogP) is 11.0. The van der Waals surface area contributed by atoms with Gasteiger partial charge in [0.25, 0.3) is 0 Å². The van der Waals surface area contributed by atoms with E-state index in [1.807, 2.05) is 12.2 Å². The molecule has 0 aliphatic rings. The van der Waals surface area contributed by atoms with Crippen molar-refractivity contribution in [3.8, 4) is 0 Å². The Balaban J connectivity index is 4.46. The molecule has 2 unspecified atom stereocenters. The van der Waals surface area contributed by atoms with Crippen LogP contribution >= 0.6 is 0 Å². The number of rotatable bonds is 39. The van der Waals surface area contributed by atoms with Crippen molar-refractivity contribution >= 4 is 17.9 Å². The SMILES string of the molecule is CC/C=C/C/C=C/C/C=C/C/C=C/C/C=C/C/C=C/CCC(=O)OCC(COCCC(C(=O)[O-])[N+](C)(C)C)OC(=O)CCCCCCCCCCCCCCCC. The molecule has 0 amide bonds. The lowest BCUT2D eigenvalue weighted by molar-refractivity contribution is -0.889. The molecule has 326 valence electrons. The van der Waals surface area contributed by atoms with Gasteiger partial charge in [0.2, 0.25) is 0 Å². The fourth-order valence-corrected chi connectivity index (χ4v) is 6.15. The number of hydrogen-bond donors (Lipinski definition) is 0. The summed E-state index contributed by atoms with van der Waals surface area (Å²) >= 11 is 0. The van der Waals surface area contributed by atoms with E-state index in [-0.39, 0.29) is 49.1 Å². The van der Waals surface area contributed by atoms with Crippen molar-refractivity contribution in [3.05, 3.63) is 72.9 Å². The highest BCUT2D eigenvalue weighted by atomic mass is 16.6. The average molecular weight is 798 g/mol. The number of carbonyl (C=O) groups excluding carboxylic acids is 3. The second kappa shape index (κ2) is 39.6. The highest BCUT2D eigenvalue weighted by molar-refractivity contribution is 5.70. The maximum absolute atomic E-state index is 12.7. The van der Waals surface area contributed by atoms with E-state index >= 15 is 0 Å². The largest absolute Gasteiger partial charge is 0.544 e. The average Bonchev–Trinajstić information content (AvgIpc) is 3.17. The minimum absolute atomic E-state index is 0.0157. The Kier molecular flexibility index (Phi) is 37.3. The summed E-state index contributed by atoms with van der Waals surface area (Å²) in [5.74, 6) is -1.84. The number of aliphatic carboxylic acids is 1. The van der Waals surface area contributed by atoms with Crippen molar-refractivity contribution in [2.24, 2.45) is 0 Å². The molecule has 0 aromatic heterocycles. The van der Waals surface area contributed by atoms with Gasteiger partial charge in [-0.3, -0.25) is 9.59 Å². The molecule has 2 atom stereocenters. The van der Waals surface area contributed by atoms with E-state index < -0.39 is 18.1 Å². The first-order valence-electron chi connectivity index (χ1n) is 22.5. The van der Waals surface area contributed by atoms with Gasteiger partial charge in [0.05, 0.1) is 40.3 Å². The van der Waals surface area contributed by atoms with Gasteiger partial charge in [-0.25, -0.2) is 0 Å². The summed E-state index contributed by atoms with van der Waals surface area (Å²) in [7, 11) is 5.38. The quantitative estimate of drug-likeness (QED) is 0.0264. The number of likely N-dealkylation sites (N-methyl/N-ethyl adjacent to an activating group) is 1. The summed E-state index contributed by atoms with van der Waals surface area (Å²) in [5, 5.41) is 11.6. The third-order valence-corrected chi connectivity index (χ3v) is 9.62. The number of carboxylic acid groups (broad SMARTS) is 1. The van der Waals surface area contributed by atoms with Crippen molar-refractivity contribution in [3.63, 3.8) is 0 Å². The monoisotopic (exact) mass is 798 g/mol. The summed E-state index contributed by atoms with van der Waals surface area (Å²) in [5.41, 5.74) is 0. The van der Waals surface area contributed by atoms with Crippen LogP contribution in [-0.4, -0.2) is 75.5 Å². The number of quaternary nitrogens is 1. The van der Waals surface area contributed by atoms with Crippen LogP contribution in [0.5, 0.6) is 0 Å². The molecule has 0 bridgehead atoms. The van der Waals surface area contributed by atoms with Gasteiger partial charge in [-0.1, -0.05) is 170 Å². The van der Waals surface area contributed by atoms with E-state index in [1.54, 1.807) is 21.1 Å². The van der Waals surface area contributed by atoms with Crippen molar-refractivity contribution < 1.29 is 38.2 Å². The van der Waals surface area contributed by atoms with Crippen LogP contribution in [0.25, 0.3) is 0 Å². The highest BCUT2D eigenvalue weighted by Gasteiger charge is 2.25. The van der Waals surface area contributed by atoms with Crippen LogP contribution in [0.2, 0.25) is 0 Å². The van der Waals surface area contributed by atoms with E-state index in [0.29, 0.717) is 12.8 Å². The van der Waals surface area contributed by atoms with E-state index in [9.17, 15) is 19.5 Å². The second-order valence-corrected chi connectivity index (χ2v) is 15.9. The molecule has 0 saturated heterocycles. The normalized spacial score (nSPS) is 13.6. The molecule has 0 aromatic carbocycles. The van der Waals surface area contributed by atoms with Crippen LogP contribution in [0, 0.1) is 0 Å². The molecule has 0 rings (SSSR count). The first kappa shape index (κ1) is 53.8. The van der Waals surface area contributed by atoms with Crippen molar-refractivity contribution in [1.29, 1.82) is 0 Å². The number of hydrogen-bond acceptors (Lipinski definition) is 7. The van der Waals surface area contributed by atoms with Crippen molar-refractivity contribution in [1.82, 2.24) is 0 Å². The third-order valence-electron chi connectivity index (χ3n) is 9.62. The first-order chi connectivity index (χ1) is 27.6. The Hall–Kier alpha value is -3.23. The summed E-state index contributed by atoms with van der Waals surface area (Å²) in [6.07, 6.45) is 49.4. The smallest absolute Gasteiger partial charge is 0.306 e. The molecule has 0 aliphatic carbocycles. The number of carboxylic acids is 1. The van der Waals surface area contributed by atoms with Crippen LogP contribution < -0.4 is 5.11 Å². The van der Waals surface area contributed by atoms with Gasteiger partial charge in [0.15, 0.2) is 6.10 Å². The minimum atomic E-state index is -1.14. The first-order valence-corrected chi connectivity index (χ1v) is 22.5. The lowest BCUT2D eigenvalue weighted by atomic mass is 10.0. The van der Waals surface area contributed by atoms with Crippen LogP contribution in [0.3, 0.4) is 0 Å². The molecular formula is C49H83NO7. The Morgan fingerprint density at radius 1 is 0.544 bits per heavy atom. The van der Waals surface area contributed by atoms with Gasteiger partial charge >= 0.3 is 11.9 Å². The summed E-state index contributed by atoms with van der Waals surface area (Å²) in [6, 6.07) is -0.738. The molecule has 0 heterocycles. The molecule has 0 spiro atoms. The van der Waals surface area contributed by atoms with Crippen molar-refractivity contribution in [2.75, 3.05) is 41.0 Å². The molecule has 0 saturated carbocycles. The standard InChI is InChI=1S/C49H83NO7/c1-6-8-10-12-14-16-18-20-22-23-24-25-26-28-29-31-33-35-37-39-47(51)56-44-45(43-55-42-41-46(49(53)54)50(3,4)5)57-48(52)40-38-36-34-32-30-27-21-19-17-15-13-11-9-7-2/h8,10,14,16,20,22,24-25,28-29,33,35,45-46H,6-7,9,11-13,15,17-19,21,23,26-27,30-32,34,36-44H2,1-5H3/b10-8+,16-14+,22-20+,25-24+,29-28+,35-33+. The van der Waals surface area contributed by atoms with Crippen LogP contribution in [0.4, 0.5) is 0 Å². The zero-order valence-corrected chi connectivity index (χ0v) is 37.0. The van der Waals surface area contributed by atoms with Crippen LogP contribution in [-0.2, 0) is 28.6 Å². The molecule has 57 heavy (non-hydrogen) atoms. The molecular weight excluding hydrogens is 715 g/mol. The van der Waals surface area contributed by atoms with E-state index in [1.165, 1.54) is 70.6 Å². The maximum atomic E-state index is 12.7. The summed E-state index contributed by atoms with van der Waals surface area (Å²) in [4.78, 5) is 36.8. The number of allylic oxidation sites excluding steroid dienone is 12. The Morgan fingerprint density at radius 3 is 1.42 bits per heavy atom. The third kappa shape index (κ3) is 38.1. The van der Waals surface area contributed by atoms with E-state index in [0.717, 1.165) is 57.8 Å². The van der Waals surface area contributed by atoms with Gasteiger partial charge in [0, 0.05) is 19.3 Å². The van der Waals surface area contributed by atoms with Crippen LogP contribution in [0.1, 0.15) is 168 Å². The molecule has 8 nitrogen and oxygen atoms in total. The predicted molar refractivity (Wildman–Crippen MR) is 235 cm³/mol. The lowest BCUT2D eigenvalue weighted by Gasteiger charge is -2.34. The molecule has 8 heteroatoms. The highest BCUT2D eigenvalue weighted by Crippen LogP contribution is 2.14. The maximum Gasteiger partial charge on any atom is 0.306 e. The second-order valence-electron chi connectivity index (χ2n) is 15.9. The Morgan fingerprint density at radius 2 is 0.982 bits per heavy atom. The zero-order valence-electron chi connectivity index (χ0n) is 37.0. The van der Waals surface area contributed by atoms with Crippen LogP contribution in [0.15, 0.2) is 72.9 Å². The topological polar surface area (TPSA) is 102 Å². The summed E-state index contributed by atoms with van der Waals surface area (Å²) < 4.78 is 17.1. The minimum Gasteiger partial charge on any atom is -0.544 e. The molecule has 0 N–H and O–H groups in total. The molecule has 0 aromatic rings. The number of carbonyl (C=O) groups is 3. The number of unbranched alkanes of at least 4 members (excludes halogenated alkanes) is 13. The molecule has 0 fully saturated rings. The van der Waals surface area contributed by atoms with E-state index in [2.05, 4.69) is 74.6 Å². The van der Waals surface area contributed by atoms with Gasteiger partial charge in [0.1, 0.15) is 12.6 Å². The van der Waals surface area contributed by atoms with E-state index in [4.69, 9.17) is 14.2 Å². The Bertz CT molecular complexity index is 1160. The van der Waals surface area contributed by atoms with Crippen molar-refractivity contribution in [2.45, 2.75) is 180 Å². The number of esters is 2. The Labute approximate surface area is 349 Å². The van der Waals surface area contributed by atoms with Gasteiger partial charge in [-0.2, -0.15) is 0 Å². The molecule has 0 aliphatic heterocycles. The lowest BCUT2D eigenvalue weighted by Crippen LogP contribution is -2.55. The number of ether oxygens (including phenoxy) is 3. The number of nitrogens with zero attached hydrogens (tertiary/aromatic N) is 1.